The minimum atomic E-state index is -0.485. The normalized spacial score (nSPS) is 10.7. The zero-order valence-electron chi connectivity index (χ0n) is 9.72. The Kier molecular flexibility index (Phi) is 3.37. The number of rotatable bonds is 3. The van der Waals surface area contributed by atoms with Crippen molar-refractivity contribution in [3.8, 4) is 5.75 Å². The fraction of sp³-hybridized carbons (Fsp3) is 0. The number of azo groups is 1. The molecule has 96 valence electrons. The predicted molar refractivity (Wildman–Crippen MR) is 69.8 cm³/mol. The third-order valence-corrected chi connectivity index (χ3v) is 2.35. The van der Waals surface area contributed by atoms with E-state index in [1.807, 2.05) is 0 Å². The number of nitro benzene ring substituents is 1. The van der Waals surface area contributed by atoms with Gasteiger partial charge in [-0.1, -0.05) is 0 Å². The molecule has 7 heteroatoms. The molecule has 19 heavy (non-hydrogen) atoms. The molecule has 0 amide bonds. The molecule has 7 nitrogen and oxygen atoms in total. The number of phenols is 1. The minimum Gasteiger partial charge on any atom is -0.506 e. The van der Waals surface area contributed by atoms with Crippen molar-refractivity contribution in [1.82, 2.24) is 0 Å². The first-order valence-corrected chi connectivity index (χ1v) is 5.31. The van der Waals surface area contributed by atoms with Crippen LogP contribution in [0.15, 0.2) is 52.7 Å². The molecule has 0 unspecified atom stereocenters. The van der Waals surface area contributed by atoms with Crippen molar-refractivity contribution in [2.75, 3.05) is 5.73 Å². The lowest BCUT2D eigenvalue weighted by molar-refractivity contribution is -0.384. The molecule has 0 aliphatic heterocycles. The van der Waals surface area contributed by atoms with Crippen molar-refractivity contribution in [1.29, 1.82) is 0 Å². The molecule has 2 aromatic rings. The highest BCUT2D eigenvalue weighted by Crippen LogP contribution is 2.27. The number of benzene rings is 2. The maximum atomic E-state index is 10.5. The maximum Gasteiger partial charge on any atom is 0.269 e. The Morgan fingerprint density at radius 2 is 1.63 bits per heavy atom. The first kappa shape index (κ1) is 12.5. The molecule has 0 bridgehead atoms. The van der Waals surface area contributed by atoms with Crippen molar-refractivity contribution in [2.24, 2.45) is 10.2 Å². The average Bonchev–Trinajstić information content (AvgIpc) is 2.40. The standard InChI is InChI=1S/C12H10N4O3/c13-11-7-9(3-6-12(11)17)15-14-8-1-4-10(5-2-8)16(18)19/h1-7,17H,13H2/b15-14+. The van der Waals surface area contributed by atoms with Gasteiger partial charge in [0.25, 0.3) is 5.69 Å². The summed E-state index contributed by atoms with van der Waals surface area (Å²) in [4.78, 5) is 9.99. The number of non-ortho nitro benzene ring substituents is 1. The van der Waals surface area contributed by atoms with Crippen molar-refractivity contribution in [3.63, 3.8) is 0 Å². The number of anilines is 1. The van der Waals surface area contributed by atoms with Crippen LogP contribution in [0.25, 0.3) is 0 Å². The Hall–Kier alpha value is -2.96. The Balaban J connectivity index is 2.17. The van der Waals surface area contributed by atoms with E-state index in [1.165, 1.54) is 36.4 Å². The smallest absolute Gasteiger partial charge is 0.269 e. The van der Waals surface area contributed by atoms with Crippen LogP contribution in [0.3, 0.4) is 0 Å². The van der Waals surface area contributed by atoms with Crippen molar-refractivity contribution < 1.29 is 10.0 Å². The largest absolute Gasteiger partial charge is 0.506 e. The molecule has 0 aromatic heterocycles. The highest BCUT2D eigenvalue weighted by Gasteiger charge is 2.03. The fourth-order valence-electron chi connectivity index (χ4n) is 1.36. The monoisotopic (exact) mass is 258 g/mol. The van der Waals surface area contributed by atoms with Gasteiger partial charge in [-0.25, -0.2) is 0 Å². The van der Waals surface area contributed by atoms with Crippen LogP contribution in [0.4, 0.5) is 22.7 Å². The lowest BCUT2D eigenvalue weighted by Crippen LogP contribution is -1.85. The number of nitro groups is 1. The summed E-state index contributed by atoms with van der Waals surface area (Å²) in [5.41, 5.74) is 6.68. The minimum absolute atomic E-state index is 0.00664. The van der Waals surface area contributed by atoms with Crippen molar-refractivity contribution in [3.05, 3.63) is 52.6 Å². The molecule has 2 aromatic carbocycles. The summed E-state index contributed by atoms with van der Waals surface area (Å²) in [7, 11) is 0. The Morgan fingerprint density at radius 1 is 1.05 bits per heavy atom. The van der Waals surface area contributed by atoms with Crippen LogP contribution in [-0.4, -0.2) is 10.0 Å². The van der Waals surface area contributed by atoms with E-state index in [1.54, 1.807) is 6.07 Å². The average molecular weight is 258 g/mol. The summed E-state index contributed by atoms with van der Waals surface area (Å²) in [6.45, 7) is 0. The highest BCUT2D eigenvalue weighted by atomic mass is 16.6. The number of hydrogen-bond acceptors (Lipinski definition) is 6. The van der Waals surface area contributed by atoms with Gasteiger partial charge in [-0.05, 0) is 30.3 Å². The van der Waals surface area contributed by atoms with Crippen LogP contribution in [0.1, 0.15) is 0 Å². The summed E-state index contributed by atoms with van der Waals surface area (Å²) >= 11 is 0. The molecule has 0 atom stereocenters. The second-order valence-corrected chi connectivity index (χ2v) is 3.72. The predicted octanol–water partition coefficient (Wildman–Crippen LogP) is 3.30. The van der Waals surface area contributed by atoms with E-state index in [9.17, 15) is 15.2 Å². The number of phenolic OH excluding ortho intramolecular Hbond substituents is 1. The summed E-state index contributed by atoms with van der Waals surface area (Å²) in [5, 5.41) is 27.6. The van der Waals surface area contributed by atoms with Gasteiger partial charge >= 0.3 is 0 Å². The summed E-state index contributed by atoms with van der Waals surface area (Å²) in [6, 6.07) is 10.1. The van der Waals surface area contributed by atoms with E-state index in [0.717, 1.165) is 0 Å². The molecule has 0 heterocycles. The van der Waals surface area contributed by atoms with E-state index in [2.05, 4.69) is 10.2 Å². The van der Waals surface area contributed by atoms with Gasteiger partial charge in [0.2, 0.25) is 0 Å². The highest BCUT2D eigenvalue weighted by molar-refractivity contribution is 5.59. The number of aromatic hydroxyl groups is 1. The quantitative estimate of drug-likeness (QED) is 0.289. The van der Waals surface area contributed by atoms with Crippen LogP contribution < -0.4 is 5.73 Å². The number of nitrogens with zero attached hydrogens (tertiary/aromatic N) is 3. The van der Waals surface area contributed by atoms with E-state index in [4.69, 9.17) is 5.73 Å². The van der Waals surface area contributed by atoms with Crippen LogP contribution >= 0.6 is 0 Å². The topological polar surface area (TPSA) is 114 Å². The van der Waals surface area contributed by atoms with Crippen LogP contribution in [0.2, 0.25) is 0 Å². The molecule has 0 radical (unpaired) electrons. The van der Waals surface area contributed by atoms with Crippen LogP contribution in [0, 0.1) is 10.1 Å². The second-order valence-electron chi connectivity index (χ2n) is 3.72. The third kappa shape index (κ3) is 3.03. The number of nitrogen functional groups attached to an aromatic ring is 1. The fourth-order valence-corrected chi connectivity index (χ4v) is 1.36. The number of nitrogens with two attached hydrogens (primary N) is 1. The van der Waals surface area contributed by atoms with Crippen molar-refractivity contribution in [2.45, 2.75) is 0 Å². The Bertz CT molecular complexity index is 638. The third-order valence-electron chi connectivity index (χ3n) is 2.35. The van der Waals surface area contributed by atoms with E-state index in [-0.39, 0.29) is 17.1 Å². The molecule has 3 N–H and O–H groups in total. The van der Waals surface area contributed by atoms with Gasteiger partial charge in [0.1, 0.15) is 5.75 Å². The lowest BCUT2D eigenvalue weighted by atomic mass is 10.2. The van der Waals surface area contributed by atoms with Gasteiger partial charge in [0, 0.05) is 12.1 Å². The molecule has 0 saturated heterocycles. The van der Waals surface area contributed by atoms with Gasteiger partial charge < -0.3 is 10.8 Å². The SMILES string of the molecule is Nc1cc(/N=N/c2ccc([N+](=O)[O-])cc2)ccc1O. The van der Waals surface area contributed by atoms with E-state index >= 15 is 0 Å². The summed E-state index contributed by atoms with van der Waals surface area (Å²) in [5.74, 6) is -0.0192. The molecule has 2 rings (SSSR count). The molecular formula is C12H10N4O3. The number of hydrogen-bond donors (Lipinski definition) is 2. The molecule has 0 fully saturated rings. The molecule has 0 spiro atoms. The zero-order valence-corrected chi connectivity index (χ0v) is 9.72. The van der Waals surface area contributed by atoms with Gasteiger partial charge in [0.15, 0.2) is 0 Å². The van der Waals surface area contributed by atoms with Crippen LogP contribution in [0.5, 0.6) is 5.75 Å². The molecule has 0 saturated carbocycles. The first-order valence-electron chi connectivity index (χ1n) is 5.31. The van der Waals surface area contributed by atoms with E-state index in [0.29, 0.717) is 11.4 Å². The molecule has 0 aliphatic carbocycles. The van der Waals surface area contributed by atoms with Gasteiger partial charge in [-0.2, -0.15) is 10.2 Å². The zero-order chi connectivity index (χ0) is 13.8. The van der Waals surface area contributed by atoms with Crippen LogP contribution in [-0.2, 0) is 0 Å². The Morgan fingerprint density at radius 3 is 2.21 bits per heavy atom. The van der Waals surface area contributed by atoms with Gasteiger partial charge in [0.05, 0.1) is 22.0 Å². The summed E-state index contributed by atoms with van der Waals surface area (Å²) < 4.78 is 0. The first-order chi connectivity index (χ1) is 9.06. The van der Waals surface area contributed by atoms with Gasteiger partial charge in [-0.3, -0.25) is 10.1 Å². The van der Waals surface area contributed by atoms with Crippen molar-refractivity contribution >= 4 is 22.7 Å². The van der Waals surface area contributed by atoms with E-state index < -0.39 is 4.92 Å². The molecular weight excluding hydrogens is 248 g/mol. The lowest BCUT2D eigenvalue weighted by Gasteiger charge is -1.98. The maximum absolute atomic E-state index is 10.5. The van der Waals surface area contributed by atoms with Gasteiger partial charge in [-0.15, -0.1) is 0 Å². The summed E-state index contributed by atoms with van der Waals surface area (Å²) in [6.07, 6.45) is 0. The Labute approximate surface area is 108 Å². The second kappa shape index (κ2) is 5.13. The molecule has 0 aliphatic rings.